The molecule has 2 nitrogen and oxygen atoms in total. The summed E-state index contributed by atoms with van der Waals surface area (Å²) in [5, 5.41) is 2.98. The number of nitrogens with one attached hydrogen (secondary N) is 1. The van der Waals surface area contributed by atoms with Crippen LogP contribution in [0.3, 0.4) is 0 Å². The summed E-state index contributed by atoms with van der Waals surface area (Å²) < 4.78 is 55.8. The Morgan fingerprint density at radius 1 is 1.26 bits per heavy atom. The zero-order valence-electron chi connectivity index (χ0n) is 10.9. The monoisotopic (exact) mass is 279 g/mol. The van der Waals surface area contributed by atoms with E-state index in [2.05, 4.69) is 5.32 Å². The van der Waals surface area contributed by atoms with Crippen LogP contribution in [0.2, 0.25) is 0 Å². The second-order valence-electron chi connectivity index (χ2n) is 4.29. The minimum atomic E-state index is -4.53. The van der Waals surface area contributed by atoms with Crippen molar-refractivity contribution in [3.05, 3.63) is 35.1 Å². The average molecular weight is 279 g/mol. The first-order valence-corrected chi connectivity index (χ1v) is 6.00. The molecule has 0 aliphatic heterocycles. The normalized spacial score (nSPS) is 13.6. The van der Waals surface area contributed by atoms with Crippen molar-refractivity contribution in [3.63, 3.8) is 0 Å². The van der Waals surface area contributed by atoms with Crippen molar-refractivity contribution in [1.29, 1.82) is 0 Å². The highest BCUT2D eigenvalue weighted by Gasteiger charge is 2.31. The van der Waals surface area contributed by atoms with Gasteiger partial charge in [0.2, 0.25) is 0 Å². The molecule has 0 aliphatic carbocycles. The van der Waals surface area contributed by atoms with E-state index in [0.29, 0.717) is 19.3 Å². The molecule has 1 atom stereocenters. The third-order valence-electron chi connectivity index (χ3n) is 2.51. The molecule has 1 aromatic rings. The molecule has 0 fully saturated rings. The van der Waals surface area contributed by atoms with Gasteiger partial charge in [0.25, 0.3) is 0 Å². The van der Waals surface area contributed by atoms with Crippen LogP contribution in [0.4, 0.5) is 17.6 Å². The van der Waals surface area contributed by atoms with Crippen LogP contribution >= 0.6 is 0 Å². The van der Waals surface area contributed by atoms with Crippen molar-refractivity contribution in [2.24, 2.45) is 0 Å². The number of benzene rings is 1. The fourth-order valence-corrected chi connectivity index (χ4v) is 1.56. The second kappa shape index (κ2) is 6.86. The van der Waals surface area contributed by atoms with E-state index in [-0.39, 0.29) is 18.2 Å². The van der Waals surface area contributed by atoms with E-state index in [1.807, 2.05) is 13.8 Å². The molecule has 0 radical (unpaired) electrons. The minimum Gasteiger partial charge on any atom is -0.380 e. The van der Waals surface area contributed by atoms with Gasteiger partial charge in [-0.05, 0) is 37.6 Å². The van der Waals surface area contributed by atoms with Gasteiger partial charge in [-0.2, -0.15) is 13.2 Å². The summed E-state index contributed by atoms with van der Waals surface area (Å²) in [7, 11) is 0. The summed E-state index contributed by atoms with van der Waals surface area (Å²) in [5.41, 5.74) is -0.711. The van der Waals surface area contributed by atoms with Gasteiger partial charge in [-0.1, -0.05) is 0 Å². The molecule has 0 aromatic heterocycles. The van der Waals surface area contributed by atoms with Gasteiger partial charge >= 0.3 is 6.18 Å². The van der Waals surface area contributed by atoms with Crippen LogP contribution in [-0.2, 0) is 17.5 Å². The molecule has 0 saturated heterocycles. The smallest absolute Gasteiger partial charge is 0.380 e. The summed E-state index contributed by atoms with van der Waals surface area (Å²) in [4.78, 5) is 0. The molecule has 1 aromatic carbocycles. The third-order valence-corrected chi connectivity index (χ3v) is 2.51. The molecule has 108 valence electrons. The van der Waals surface area contributed by atoms with Crippen LogP contribution in [0.1, 0.15) is 25.0 Å². The largest absolute Gasteiger partial charge is 0.416 e. The molecule has 0 spiro atoms. The highest BCUT2D eigenvalue weighted by molar-refractivity contribution is 5.26. The van der Waals surface area contributed by atoms with E-state index in [1.54, 1.807) is 0 Å². The van der Waals surface area contributed by atoms with Crippen molar-refractivity contribution in [2.45, 2.75) is 32.6 Å². The van der Waals surface area contributed by atoms with Gasteiger partial charge in [0.15, 0.2) is 0 Å². The number of hydrogen-bond donors (Lipinski definition) is 1. The Hall–Kier alpha value is -1.14. The maximum Gasteiger partial charge on any atom is 0.416 e. The Labute approximate surface area is 109 Å². The van der Waals surface area contributed by atoms with Crippen LogP contribution in [0.25, 0.3) is 0 Å². The Morgan fingerprint density at radius 2 is 1.95 bits per heavy atom. The van der Waals surface area contributed by atoms with Crippen LogP contribution < -0.4 is 5.32 Å². The Morgan fingerprint density at radius 3 is 2.53 bits per heavy atom. The van der Waals surface area contributed by atoms with Gasteiger partial charge in [0.05, 0.1) is 12.2 Å². The van der Waals surface area contributed by atoms with E-state index >= 15 is 0 Å². The number of rotatable bonds is 6. The summed E-state index contributed by atoms with van der Waals surface area (Å²) >= 11 is 0. The lowest BCUT2D eigenvalue weighted by Crippen LogP contribution is -2.30. The maximum atomic E-state index is 13.1. The lowest BCUT2D eigenvalue weighted by atomic mass is 10.1. The van der Waals surface area contributed by atoms with E-state index in [9.17, 15) is 17.6 Å². The quantitative estimate of drug-likeness (QED) is 0.806. The molecule has 0 saturated carbocycles. The molecule has 19 heavy (non-hydrogen) atoms. The standard InChI is InChI=1S/C13H17F4NO/c1-3-19-8-9(2)18-7-10-4-11(13(15,16)17)6-12(14)5-10/h4-6,9,18H,3,7-8H2,1-2H3. The Bertz CT molecular complexity index is 406. The maximum absolute atomic E-state index is 13.1. The molecular weight excluding hydrogens is 262 g/mol. The fraction of sp³-hybridized carbons (Fsp3) is 0.538. The molecular formula is C13H17F4NO. The Balaban J connectivity index is 2.66. The van der Waals surface area contributed by atoms with Gasteiger partial charge in [-0.3, -0.25) is 0 Å². The third kappa shape index (κ3) is 5.57. The molecule has 0 heterocycles. The number of hydrogen-bond acceptors (Lipinski definition) is 2. The van der Waals surface area contributed by atoms with Gasteiger partial charge < -0.3 is 10.1 Å². The Kier molecular flexibility index (Phi) is 5.75. The summed E-state index contributed by atoms with van der Waals surface area (Å²) in [6.07, 6.45) is -4.53. The van der Waals surface area contributed by atoms with Gasteiger partial charge in [-0.25, -0.2) is 4.39 Å². The highest BCUT2D eigenvalue weighted by Crippen LogP contribution is 2.30. The molecule has 1 N–H and O–H groups in total. The lowest BCUT2D eigenvalue weighted by Gasteiger charge is -2.14. The summed E-state index contributed by atoms with van der Waals surface area (Å²) in [6, 6.07) is 2.52. The van der Waals surface area contributed by atoms with Crippen molar-refractivity contribution in [3.8, 4) is 0 Å². The highest BCUT2D eigenvalue weighted by atomic mass is 19.4. The first-order valence-electron chi connectivity index (χ1n) is 6.00. The van der Waals surface area contributed by atoms with Crippen LogP contribution in [0.5, 0.6) is 0 Å². The number of halogens is 4. The van der Waals surface area contributed by atoms with E-state index in [1.165, 1.54) is 0 Å². The van der Waals surface area contributed by atoms with Crippen molar-refractivity contribution >= 4 is 0 Å². The lowest BCUT2D eigenvalue weighted by molar-refractivity contribution is -0.137. The predicted molar refractivity (Wildman–Crippen MR) is 64.2 cm³/mol. The minimum absolute atomic E-state index is 0.0162. The zero-order chi connectivity index (χ0) is 14.5. The zero-order valence-corrected chi connectivity index (χ0v) is 10.9. The number of ether oxygens (including phenoxy) is 1. The van der Waals surface area contributed by atoms with E-state index in [4.69, 9.17) is 4.74 Å². The SMILES string of the molecule is CCOCC(C)NCc1cc(F)cc(C(F)(F)F)c1. The molecule has 1 unspecified atom stereocenters. The van der Waals surface area contributed by atoms with Crippen molar-refractivity contribution in [2.75, 3.05) is 13.2 Å². The average Bonchev–Trinajstić information content (AvgIpc) is 2.32. The predicted octanol–water partition coefficient (Wildman–Crippen LogP) is 3.36. The fourth-order valence-electron chi connectivity index (χ4n) is 1.56. The molecule has 6 heteroatoms. The summed E-state index contributed by atoms with van der Waals surface area (Å²) in [5.74, 6) is -0.885. The number of alkyl halides is 3. The van der Waals surface area contributed by atoms with Crippen LogP contribution in [0.15, 0.2) is 18.2 Å². The van der Waals surface area contributed by atoms with E-state index in [0.717, 1.165) is 12.1 Å². The first-order chi connectivity index (χ1) is 8.82. The molecule has 0 bridgehead atoms. The topological polar surface area (TPSA) is 21.3 Å². The van der Waals surface area contributed by atoms with Crippen LogP contribution in [-0.4, -0.2) is 19.3 Å². The summed E-state index contributed by atoms with van der Waals surface area (Å²) in [6.45, 7) is 4.89. The second-order valence-corrected chi connectivity index (χ2v) is 4.29. The van der Waals surface area contributed by atoms with Gasteiger partial charge in [0, 0.05) is 19.2 Å². The molecule has 0 amide bonds. The van der Waals surface area contributed by atoms with Crippen LogP contribution in [0, 0.1) is 5.82 Å². The van der Waals surface area contributed by atoms with Gasteiger partial charge in [0.1, 0.15) is 5.82 Å². The van der Waals surface area contributed by atoms with Gasteiger partial charge in [-0.15, -0.1) is 0 Å². The van der Waals surface area contributed by atoms with Crippen molar-refractivity contribution < 1.29 is 22.3 Å². The molecule has 1 rings (SSSR count). The van der Waals surface area contributed by atoms with E-state index < -0.39 is 17.6 Å². The van der Waals surface area contributed by atoms with Crippen molar-refractivity contribution in [1.82, 2.24) is 5.32 Å². The molecule has 0 aliphatic rings. The first kappa shape index (κ1) is 15.9.